The molecule has 0 aromatic carbocycles. The normalized spacial score (nSPS) is 29.2. The van der Waals surface area contributed by atoms with E-state index in [9.17, 15) is 13.2 Å². The summed E-state index contributed by atoms with van der Waals surface area (Å²) < 4.78 is 33.4. The van der Waals surface area contributed by atoms with Gasteiger partial charge in [0.15, 0.2) is 0 Å². The van der Waals surface area contributed by atoms with Crippen molar-refractivity contribution in [3.8, 4) is 0 Å². The Morgan fingerprint density at radius 1 is 1.31 bits per heavy atom. The third-order valence-electron chi connectivity index (χ3n) is 2.14. The number of nitrogens with zero attached hydrogens (tertiary/aromatic N) is 1. The summed E-state index contributed by atoms with van der Waals surface area (Å²) >= 11 is 0. The summed E-state index contributed by atoms with van der Waals surface area (Å²) in [6.45, 7) is 8.19. The Bertz CT molecular complexity index is 383. The van der Waals surface area contributed by atoms with Crippen molar-refractivity contribution in [1.82, 2.24) is 4.31 Å². The van der Waals surface area contributed by atoms with Crippen molar-refractivity contribution in [2.75, 3.05) is 0 Å². The highest BCUT2D eigenvalue weighted by Gasteiger charge is 2.46. The van der Waals surface area contributed by atoms with E-state index in [1.165, 1.54) is 0 Å². The largest absolute Gasteiger partial charge is 0.443 e. The maximum atomic E-state index is 11.7. The van der Waals surface area contributed by atoms with E-state index in [2.05, 4.69) is 0 Å². The van der Waals surface area contributed by atoms with E-state index in [0.29, 0.717) is 4.31 Å². The standard InChI is InChI=1S/C9H17NO5S/c1-6-7(2)15-16(12,13)10(6)8(11)14-9(3,4)5/h6-7H,1-5H3/t6-,7+/m1/s1. The topological polar surface area (TPSA) is 72.9 Å². The van der Waals surface area contributed by atoms with Crippen LogP contribution in [0, 0.1) is 0 Å². The average Bonchev–Trinajstić information content (AvgIpc) is 2.16. The molecule has 0 radical (unpaired) electrons. The van der Waals surface area contributed by atoms with E-state index in [1.807, 2.05) is 0 Å². The number of ether oxygens (including phenoxy) is 1. The number of hydrogen-bond acceptors (Lipinski definition) is 5. The molecule has 0 N–H and O–H groups in total. The van der Waals surface area contributed by atoms with Gasteiger partial charge in [-0.25, -0.2) is 8.98 Å². The van der Waals surface area contributed by atoms with Crippen LogP contribution in [0.3, 0.4) is 0 Å². The fourth-order valence-corrected chi connectivity index (χ4v) is 2.71. The van der Waals surface area contributed by atoms with Gasteiger partial charge in [0.25, 0.3) is 0 Å². The minimum atomic E-state index is -4.00. The Morgan fingerprint density at radius 2 is 1.81 bits per heavy atom. The van der Waals surface area contributed by atoms with Gasteiger partial charge in [-0.15, -0.1) is 0 Å². The predicted molar refractivity (Wildman–Crippen MR) is 57.0 cm³/mol. The molecule has 0 bridgehead atoms. The Hall–Kier alpha value is -0.820. The van der Waals surface area contributed by atoms with Gasteiger partial charge < -0.3 is 4.74 Å². The molecule has 1 heterocycles. The third-order valence-corrected chi connectivity index (χ3v) is 3.65. The lowest BCUT2D eigenvalue weighted by atomic mass is 10.2. The highest BCUT2D eigenvalue weighted by atomic mass is 32.2. The molecular weight excluding hydrogens is 234 g/mol. The molecule has 0 spiro atoms. The second-order valence-electron chi connectivity index (χ2n) is 4.78. The molecule has 1 aliphatic rings. The van der Waals surface area contributed by atoms with Gasteiger partial charge in [0, 0.05) is 0 Å². The zero-order valence-corrected chi connectivity index (χ0v) is 10.9. The summed E-state index contributed by atoms with van der Waals surface area (Å²) in [4.78, 5) is 11.7. The van der Waals surface area contributed by atoms with E-state index >= 15 is 0 Å². The minimum Gasteiger partial charge on any atom is -0.443 e. The Kier molecular flexibility index (Phi) is 3.22. The van der Waals surface area contributed by atoms with Crippen LogP contribution in [0.15, 0.2) is 0 Å². The zero-order chi connectivity index (χ0) is 12.7. The number of rotatable bonds is 0. The first-order chi connectivity index (χ1) is 7.04. The monoisotopic (exact) mass is 251 g/mol. The van der Waals surface area contributed by atoms with Crippen molar-refractivity contribution < 1.29 is 22.1 Å². The summed E-state index contributed by atoms with van der Waals surface area (Å²) in [7, 11) is -4.00. The van der Waals surface area contributed by atoms with Crippen LogP contribution in [0.4, 0.5) is 4.79 Å². The van der Waals surface area contributed by atoms with Crippen LogP contribution in [0.2, 0.25) is 0 Å². The molecule has 1 aliphatic heterocycles. The van der Waals surface area contributed by atoms with Crippen LogP contribution in [-0.2, 0) is 19.2 Å². The minimum absolute atomic E-state index is 0.556. The van der Waals surface area contributed by atoms with E-state index in [-0.39, 0.29) is 0 Å². The molecule has 94 valence electrons. The second kappa shape index (κ2) is 3.89. The fourth-order valence-electron chi connectivity index (χ4n) is 1.28. The summed E-state index contributed by atoms with van der Waals surface area (Å²) in [5.41, 5.74) is -0.738. The van der Waals surface area contributed by atoms with Crippen molar-refractivity contribution in [3.63, 3.8) is 0 Å². The van der Waals surface area contributed by atoms with Gasteiger partial charge in [-0.2, -0.15) is 12.7 Å². The number of amides is 1. The quantitative estimate of drug-likeness (QED) is 0.648. The highest BCUT2D eigenvalue weighted by molar-refractivity contribution is 7.85. The molecule has 0 unspecified atom stereocenters. The number of carbonyl (C=O) groups excluding carboxylic acids is 1. The lowest BCUT2D eigenvalue weighted by Crippen LogP contribution is -2.42. The lowest BCUT2D eigenvalue weighted by molar-refractivity contribution is 0.0351. The molecule has 2 atom stereocenters. The molecule has 0 saturated carbocycles. The lowest BCUT2D eigenvalue weighted by Gasteiger charge is -2.24. The SMILES string of the molecule is C[C@@H]1OS(=O)(=O)N(C(=O)OC(C)(C)C)[C@@H]1C. The molecule has 7 heteroatoms. The average molecular weight is 251 g/mol. The maximum absolute atomic E-state index is 11.7. The maximum Gasteiger partial charge on any atom is 0.426 e. The Labute approximate surface area is 95.8 Å². The first kappa shape index (κ1) is 13.2. The summed E-state index contributed by atoms with van der Waals surface area (Å²) in [5.74, 6) is 0. The molecule has 0 aromatic heterocycles. The van der Waals surface area contributed by atoms with Gasteiger partial charge in [0.05, 0.1) is 12.1 Å². The van der Waals surface area contributed by atoms with Crippen molar-refractivity contribution in [1.29, 1.82) is 0 Å². The highest BCUT2D eigenvalue weighted by Crippen LogP contribution is 2.26. The smallest absolute Gasteiger partial charge is 0.426 e. The fraction of sp³-hybridized carbons (Fsp3) is 0.889. The molecule has 1 saturated heterocycles. The molecule has 0 aromatic rings. The van der Waals surface area contributed by atoms with Crippen LogP contribution < -0.4 is 0 Å². The van der Waals surface area contributed by atoms with Crippen LogP contribution in [-0.4, -0.2) is 36.6 Å². The molecule has 1 amide bonds. The van der Waals surface area contributed by atoms with Crippen LogP contribution >= 0.6 is 0 Å². The van der Waals surface area contributed by atoms with E-state index in [1.54, 1.807) is 34.6 Å². The van der Waals surface area contributed by atoms with E-state index in [4.69, 9.17) is 8.92 Å². The van der Waals surface area contributed by atoms with Crippen molar-refractivity contribution in [2.24, 2.45) is 0 Å². The van der Waals surface area contributed by atoms with Crippen LogP contribution in [0.5, 0.6) is 0 Å². The van der Waals surface area contributed by atoms with Gasteiger partial charge in [-0.1, -0.05) is 0 Å². The van der Waals surface area contributed by atoms with Crippen molar-refractivity contribution in [2.45, 2.75) is 52.4 Å². The van der Waals surface area contributed by atoms with E-state index in [0.717, 1.165) is 0 Å². The van der Waals surface area contributed by atoms with Gasteiger partial charge in [-0.3, -0.25) is 0 Å². The Morgan fingerprint density at radius 3 is 2.12 bits per heavy atom. The van der Waals surface area contributed by atoms with Crippen molar-refractivity contribution in [3.05, 3.63) is 0 Å². The summed E-state index contributed by atoms with van der Waals surface area (Å²) in [5, 5.41) is 0. The molecule has 1 rings (SSSR count). The van der Waals surface area contributed by atoms with Gasteiger partial charge in [0.1, 0.15) is 5.60 Å². The summed E-state index contributed by atoms with van der Waals surface area (Å²) in [6.07, 6.45) is -1.46. The Balaban J connectivity index is 2.92. The zero-order valence-electron chi connectivity index (χ0n) is 10.1. The molecule has 0 aliphatic carbocycles. The van der Waals surface area contributed by atoms with Gasteiger partial charge in [0.2, 0.25) is 0 Å². The van der Waals surface area contributed by atoms with Gasteiger partial charge in [-0.05, 0) is 34.6 Å². The van der Waals surface area contributed by atoms with Gasteiger partial charge >= 0.3 is 16.4 Å². The molecule has 6 nitrogen and oxygen atoms in total. The molecule has 16 heavy (non-hydrogen) atoms. The number of hydrogen-bond donors (Lipinski definition) is 0. The third kappa shape index (κ3) is 2.65. The predicted octanol–water partition coefficient (Wildman–Crippen LogP) is 1.28. The second-order valence-corrected chi connectivity index (χ2v) is 6.22. The summed E-state index contributed by atoms with van der Waals surface area (Å²) in [6, 6.07) is -0.556. The van der Waals surface area contributed by atoms with E-state index < -0.39 is 34.1 Å². The first-order valence-electron chi connectivity index (χ1n) is 5.00. The van der Waals surface area contributed by atoms with Crippen LogP contribution in [0.1, 0.15) is 34.6 Å². The van der Waals surface area contributed by atoms with Crippen LogP contribution in [0.25, 0.3) is 0 Å². The molecule has 1 fully saturated rings. The first-order valence-corrected chi connectivity index (χ1v) is 6.37. The van der Waals surface area contributed by atoms with Crippen molar-refractivity contribution >= 4 is 16.4 Å². The number of carbonyl (C=O) groups is 1. The molecular formula is C9H17NO5S.